The summed E-state index contributed by atoms with van der Waals surface area (Å²) in [7, 11) is 0. The summed E-state index contributed by atoms with van der Waals surface area (Å²) in [5.41, 5.74) is 1.35. The third-order valence-corrected chi connectivity index (χ3v) is 3.85. The van der Waals surface area contributed by atoms with Crippen LogP contribution in [0.5, 0.6) is 0 Å². The molecule has 0 spiro atoms. The van der Waals surface area contributed by atoms with E-state index in [4.69, 9.17) is 0 Å². The van der Waals surface area contributed by atoms with Gasteiger partial charge in [-0.25, -0.2) is 0 Å². The highest BCUT2D eigenvalue weighted by Gasteiger charge is 2.13. The molecule has 1 aromatic carbocycles. The van der Waals surface area contributed by atoms with Gasteiger partial charge in [0.15, 0.2) is 0 Å². The number of carbonyl (C=O) groups is 1. The largest absolute Gasteiger partial charge is 0.355 e. The van der Waals surface area contributed by atoms with Crippen LogP contribution in [0.15, 0.2) is 29.2 Å². The molecular formula is C16H26N2OS. The molecule has 4 heteroatoms. The molecule has 112 valence electrons. The molecule has 0 heterocycles. The molecule has 1 unspecified atom stereocenters. The molecule has 0 fully saturated rings. The lowest BCUT2D eigenvalue weighted by Gasteiger charge is -2.20. The Morgan fingerprint density at radius 1 is 1.35 bits per heavy atom. The fourth-order valence-electron chi connectivity index (χ4n) is 1.67. The Bertz CT molecular complexity index is 440. The Morgan fingerprint density at radius 3 is 2.65 bits per heavy atom. The van der Waals surface area contributed by atoms with Crippen molar-refractivity contribution in [2.24, 2.45) is 0 Å². The number of hydrogen-bond donors (Lipinski definition) is 2. The third-order valence-electron chi connectivity index (χ3n) is 2.75. The maximum atomic E-state index is 11.7. The molecule has 1 amide bonds. The van der Waals surface area contributed by atoms with Gasteiger partial charge in [-0.05, 0) is 52.3 Å². The van der Waals surface area contributed by atoms with Gasteiger partial charge in [-0.1, -0.05) is 12.1 Å². The normalized spacial score (nSPS) is 13.1. The van der Waals surface area contributed by atoms with Crippen molar-refractivity contribution in [2.45, 2.75) is 56.8 Å². The predicted octanol–water partition coefficient (Wildman–Crippen LogP) is 3.19. The zero-order valence-corrected chi connectivity index (χ0v) is 13.9. The molecule has 0 aliphatic rings. The topological polar surface area (TPSA) is 41.1 Å². The summed E-state index contributed by atoms with van der Waals surface area (Å²) in [6.07, 6.45) is 0. The number of thioether (sulfide) groups is 1. The minimum atomic E-state index is -0.0687. The highest BCUT2D eigenvalue weighted by Crippen LogP contribution is 2.24. The van der Waals surface area contributed by atoms with Crippen molar-refractivity contribution in [1.82, 2.24) is 10.6 Å². The predicted molar refractivity (Wildman–Crippen MR) is 87.0 cm³/mol. The molecule has 0 bridgehead atoms. The lowest BCUT2D eigenvalue weighted by Crippen LogP contribution is -2.35. The van der Waals surface area contributed by atoms with E-state index >= 15 is 0 Å². The Hall–Kier alpha value is -1.00. The maximum Gasteiger partial charge on any atom is 0.233 e. The Balaban J connectivity index is 2.61. The highest BCUT2D eigenvalue weighted by molar-refractivity contribution is 8.00. The molecule has 3 nitrogen and oxygen atoms in total. The average molecular weight is 294 g/mol. The molecule has 2 N–H and O–H groups in total. The molecule has 0 radical (unpaired) electrons. The van der Waals surface area contributed by atoms with Crippen molar-refractivity contribution in [3.8, 4) is 0 Å². The Morgan fingerprint density at radius 2 is 2.05 bits per heavy atom. The van der Waals surface area contributed by atoms with Gasteiger partial charge < -0.3 is 10.6 Å². The molecule has 1 aromatic rings. The second kappa shape index (κ2) is 7.70. The summed E-state index contributed by atoms with van der Waals surface area (Å²) in [6.45, 7) is 11.9. The van der Waals surface area contributed by atoms with Crippen LogP contribution in [-0.4, -0.2) is 23.2 Å². The van der Waals surface area contributed by atoms with Crippen LogP contribution in [0.1, 0.15) is 40.2 Å². The third kappa shape index (κ3) is 6.44. The zero-order valence-electron chi connectivity index (χ0n) is 13.1. The molecule has 0 aliphatic carbocycles. The first-order valence-electron chi connectivity index (χ1n) is 7.10. The minimum absolute atomic E-state index is 0.0687. The first-order valence-corrected chi connectivity index (χ1v) is 7.98. The SMILES string of the molecule is CCNC(=O)C(C)Sc1cccc(CNC(C)(C)C)c1. The Labute approximate surface area is 126 Å². The Kier molecular flexibility index (Phi) is 6.56. The maximum absolute atomic E-state index is 11.7. The van der Waals surface area contributed by atoms with Crippen molar-refractivity contribution < 1.29 is 4.79 Å². The molecule has 1 rings (SSSR count). The van der Waals surface area contributed by atoms with Crippen molar-refractivity contribution in [2.75, 3.05) is 6.54 Å². The second-order valence-electron chi connectivity index (χ2n) is 5.91. The lowest BCUT2D eigenvalue weighted by molar-refractivity contribution is -0.120. The monoisotopic (exact) mass is 294 g/mol. The summed E-state index contributed by atoms with van der Waals surface area (Å²) in [5, 5.41) is 6.26. The summed E-state index contributed by atoms with van der Waals surface area (Å²) >= 11 is 1.60. The van der Waals surface area contributed by atoms with Crippen LogP contribution >= 0.6 is 11.8 Å². The molecule has 0 saturated carbocycles. The summed E-state index contributed by atoms with van der Waals surface area (Å²) in [5.74, 6) is 0.0933. The van der Waals surface area contributed by atoms with E-state index in [9.17, 15) is 4.79 Å². The van der Waals surface area contributed by atoms with Crippen molar-refractivity contribution in [3.63, 3.8) is 0 Å². The van der Waals surface area contributed by atoms with Gasteiger partial charge in [0, 0.05) is 23.5 Å². The van der Waals surface area contributed by atoms with Crippen LogP contribution in [-0.2, 0) is 11.3 Å². The van der Waals surface area contributed by atoms with Gasteiger partial charge in [-0.3, -0.25) is 4.79 Å². The van der Waals surface area contributed by atoms with Gasteiger partial charge in [0.2, 0.25) is 5.91 Å². The van der Waals surface area contributed by atoms with Gasteiger partial charge in [0.05, 0.1) is 5.25 Å². The number of amides is 1. The van der Waals surface area contributed by atoms with Gasteiger partial charge in [0.25, 0.3) is 0 Å². The standard InChI is InChI=1S/C16H26N2OS/c1-6-17-15(19)12(2)20-14-9-7-8-13(10-14)11-18-16(3,4)5/h7-10,12,18H,6,11H2,1-5H3,(H,17,19). The zero-order chi connectivity index (χ0) is 15.2. The van der Waals surface area contributed by atoms with E-state index in [1.807, 2.05) is 19.9 Å². The van der Waals surface area contributed by atoms with Crippen LogP contribution in [0, 0.1) is 0 Å². The van der Waals surface area contributed by atoms with Gasteiger partial charge in [0.1, 0.15) is 0 Å². The second-order valence-corrected chi connectivity index (χ2v) is 7.32. The van der Waals surface area contributed by atoms with Crippen molar-refractivity contribution in [1.29, 1.82) is 0 Å². The smallest absolute Gasteiger partial charge is 0.233 e. The fraction of sp³-hybridized carbons (Fsp3) is 0.562. The van der Waals surface area contributed by atoms with E-state index < -0.39 is 0 Å². The van der Waals surface area contributed by atoms with Crippen LogP contribution in [0.4, 0.5) is 0 Å². The van der Waals surface area contributed by atoms with Crippen LogP contribution in [0.25, 0.3) is 0 Å². The number of carbonyl (C=O) groups excluding carboxylic acids is 1. The minimum Gasteiger partial charge on any atom is -0.355 e. The summed E-state index contributed by atoms with van der Waals surface area (Å²) in [6, 6.07) is 8.37. The van der Waals surface area contributed by atoms with Crippen LogP contribution in [0.2, 0.25) is 0 Å². The fourth-order valence-corrected chi connectivity index (χ4v) is 2.65. The van der Waals surface area contributed by atoms with Crippen molar-refractivity contribution >= 4 is 17.7 Å². The first-order chi connectivity index (χ1) is 9.31. The van der Waals surface area contributed by atoms with E-state index in [-0.39, 0.29) is 16.7 Å². The van der Waals surface area contributed by atoms with E-state index in [2.05, 4.69) is 49.6 Å². The molecular weight excluding hydrogens is 268 g/mol. The molecule has 1 atom stereocenters. The number of rotatable bonds is 6. The lowest BCUT2D eigenvalue weighted by atomic mass is 10.1. The van der Waals surface area contributed by atoms with Crippen LogP contribution < -0.4 is 10.6 Å². The number of benzene rings is 1. The number of nitrogens with one attached hydrogen (secondary N) is 2. The first kappa shape index (κ1) is 17.1. The molecule has 0 saturated heterocycles. The van der Waals surface area contributed by atoms with E-state index in [0.29, 0.717) is 6.54 Å². The quantitative estimate of drug-likeness (QED) is 0.792. The van der Waals surface area contributed by atoms with Crippen LogP contribution in [0.3, 0.4) is 0 Å². The van der Waals surface area contributed by atoms with E-state index in [1.165, 1.54) is 5.56 Å². The summed E-state index contributed by atoms with van der Waals surface area (Å²) in [4.78, 5) is 12.9. The molecule has 0 aromatic heterocycles. The summed E-state index contributed by atoms with van der Waals surface area (Å²) < 4.78 is 0. The molecule has 0 aliphatic heterocycles. The van der Waals surface area contributed by atoms with Crippen molar-refractivity contribution in [3.05, 3.63) is 29.8 Å². The highest BCUT2D eigenvalue weighted by atomic mass is 32.2. The van der Waals surface area contributed by atoms with E-state index in [1.54, 1.807) is 11.8 Å². The van der Waals surface area contributed by atoms with Gasteiger partial charge in [-0.2, -0.15) is 0 Å². The number of hydrogen-bond acceptors (Lipinski definition) is 3. The van der Waals surface area contributed by atoms with Gasteiger partial charge >= 0.3 is 0 Å². The average Bonchev–Trinajstić information content (AvgIpc) is 2.36. The van der Waals surface area contributed by atoms with Gasteiger partial charge in [-0.15, -0.1) is 11.8 Å². The van der Waals surface area contributed by atoms with E-state index in [0.717, 1.165) is 11.4 Å². The molecule has 20 heavy (non-hydrogen) atoms.